The summed E-state index contributed by atoms with van der Waals surface area (Å²) in [5.74, 6) is -0.566. The minimum Gasteiger partial charge on any atom is -0.481 e. The van der Waals surface area contributed by atoms with Crippen LogP contribution in [0.3, 0.4) is 0 Å². The summed E-state index contributed by atoms with van der Waals surface area (Å²) in [7, 11) is 0. The summed E-state index contributed by atoms with van der Waals surface area (Å²) in [6, 6.07) is 0. The largest absolute Gasteiger partial charge is 0.481 e. The summed E-state index contributed by atoms with van der Waals surface area (Å²) in [4.78, 5) is 20.5. The average Bonchev–Trinajstić information content (AvgIpc) is 1.96. The summed E-state index contributed by atoms with van der Waals surface area (Å²) < 4.78 is 0. The molecule has 0 aromatic heterocycles. The summed E-state index contributed by atoms with van der Waals surface area (Å²) in [6.07, 6.45) is 4.94. The number of hydrogen-bond donors (Lipinski definition) is 2. The summed E-state index contributed by atoms with van der Waals surface area (Å²) in [6.45, 7) is 0. The maximum absolute atomic E-state index is 10.4. The molecule has 1 unspecified atom stereocenters. The van der Waals surface area contributed by atoms with E-state index in [4.69, 9.17) is 16.6 Å². The van der Waals surface area contributed by atoms with E-state index >= 15 is 0 Å². The molecule has 66 valence electrons. The molecule has 0 rings (SSSR count). The van der Waals surface area contributed by atoms with Crippen molar-refractivity contribution in [1.29, 1.82) is 0 Å². The first-order valence-corrected chi connectivity index (χ1v) is 3.46. The zero-order valence-electron chi connectivity index (χ0n) is 6.49. The van der Waals surface area contributed by atoms with Gasteiger partial charge in [0.15, 0.2) is 0 Å². The highest BCUT2D eigenvalue weighted by Gasteiger charge is 2.16. The van der Waals surface area contributed by atoms with Crippen molar-refractivity contribution in [2.75, 3.05) is 0 Å². The van der Waals surface area contributed by atoms with Crippen molar-refractivity contribution in [3.05, 3.63) is 0 Å². The first-order valence-electron chi connectivity index (χ1n) is 3.46. The van der Waals surface area contributed by atoms with Gasteiger partial charge in [0.25, 0.3) is 0 Å². The van der Waals surface area contributed by atoms with Gasteiger partial charge in [-0.2, -0.15) is 0 Å². The lowest BCUT2D eigenvalue weighted by Gasteiger charge is -2.05. The molecule has 0 saturated heterocycles. The van der Waals surface area contributed by atoms with Crippen LogP contribution >= 0.6 is 0 Å². The van der Waals surface area contributed by atoms with E-state index < -0.39 is 17.9 Å². The van der Waals surface area contributed by atoms with Gasteiger partial charge in [-0.1, -0.05) is 0 Å². The van der Waals surface area contributed by atoms with Gasteiger partial charge in [-0.05, 0) is 6.42 Å². The van der Waals surface area contributed by atoms with Crippen molar-refractivity contribution >= 4 is 11.9 Å². The second-order valence-corrected chi connectivity index (χ2v) is 2.38. The maximum atomic E-state index is 10.4. The van der Waals surface area contributed by atoms with E-state index in [1.807, 2.05) is 0 Å². The fourth-order valence-electron chi connectivity index (χ4n) is 0.753. The van der Waals surface area contributed by atoms with Gasteiger partial charge in [-0.25, -0.2) is 0 Å². The van der Waals surface area contributed by atoms with Crippen LogP contribution in [0.1, 0.15) is 19.3 Å². The molecule has 12 heavy (non-hydrogen) atoms. The fourth-order valence-corrected chi connectivity index (χ4v) is 0.753. The van der Waals surface area contributed by atoms with Crippen LogP contribution in [-0.2, 0) is 9.59 Å². The molecule has 4 nitrogen and oxygen atoms in total. The highest BCUT2D eigenvalue weighted by Crippen LogP contribution is 2.10. The smallest absolute Gasteiger partial charge is 0.307 e. The standard InChI is InChI=1S/C8H10O4/c1-2-3-6(8(11)12)4-5-7(9)10/h1,6H,3-5H2,(H,9,10)(H,11,12). The molecule has 0 heterocycles. The van der Waals surface area contributed by atoms with E-state index in [0.29, 0.717) is 0 Å². The van der Waals surface area contributed by atoms with Crippen LogP contribution in [-0.4, -0.2) is 22.2 Å². The Labute approximate surface area is 70.2 Å². The first-order chi connectivity index (χ1) is 5.57. The third kappa shape index (κ3) is 4.34. The van der Waals surface area contributed by atoms with E-state index in [0.717, 1.165) is 0 Å². The van der Waals surface area contributed by atoms with Gasteiger partial charge in [0, 0.05) is 12.8 Å². The Kier molecular flexibility index (Phi) is 4.54. The topological polar surface area (TPSA) is 74.6 Å². The Morgan fingerprint density at radius 1 is 1.42 bits per heavy atom. The fraction of sp³-hybridized carbons (Fsp3) is 0.500. The number of rotatable bonds is 5. The van der Waals surface area contributed by atoms with Crippen molar-refractivity contribution < 1.29 is 19.8 Å². The van der Waals surface area contributed by atoms with Crippen LogP contribution in [0.25, 0.3) is 0 Å². The Morgan fingerprint density at radius 2 is 2.00 bits per heavy atom. The quantitative estimate of drug-likeness (QED) is 0.591. The van der Waals surface area contributed by atoms with E-state index in [1.54, 1.807) is 0 Å². The normalized spacial score (nSPS) is 11.6. The first kappa shape index (κ1) is 10.5. The van der Waals surface area contributed by atoms with Crippen molar-refractivity contribution in [3.8, 4) is 12.3 Å². The molecule has 0 bridgehead atoms. The molecule has 2 N–H and O–H groups in total. The molecule has 0 aliphatic heterocycles. The Bertz CT molecular complexity index is 214. The van der Waals surface area contributed by atoms with Gasteiger partial charge in [-0.15, -0.1) is 12.3 Å². The SMILES string of the molecule is C#CCC(CCC(=O)O)C(=O)O. The summed E-state index contributed by atoms with van der Waals surface area (Å²) >= 11 is 0. The molecule has 0 fully saturated rings. The molecule has 0 saturated carbocycles. The van der Waals surface area contributed by atoms with Gasteiger partial charge in [0.2, 0.25) is 0 Å². The summed E-state index contributed by atoms with van der Waals surface area (Å²) in [5, 5.41) is 16.8. The predicted molar refractivity (Wildman–Crippen MR) is 41.4 cm³/mol. The van der Waals surface area contributed by atoms with Crippen LogP contribution in [0.15, 0.2) is 0 Å². The molecule has 0 aromatic rings. The molecule has 0 aromatic carbocycles. The zero-order valence-corrected chi connectivity index (χ0v) is 6.49. The van der Waals surface area contributed by atoms with E-state index in [-0.39, 0.29) is 19.3 Å². The lowest BCUT2D eigenvalue weighted by Crippen LogP contribution is -2.14. The molecular weight excluding hydrogens is 160 g/mol. The van der Waals surface area contributed by atoms with Crippen molar-refractivity contribution in [1.82, 2.24) is 0 Å². The second kappa shape index (κ2) is 5.19. The maximum Gasteiger partial charge on any atom is 0.307 e. The highest BCUT2D eigenvalue weighted by atomic mass is 16.4. The van der Waals surface area contributed by atoms with E-state index in [1.165, 1.54) is 0 Å². The summed E-state index contributed by atoms with van der Waals surface area (Å²) in [5.41, 5.74) is 0. The Balaban J connectivity index is 3.89. The van der Waals surface area contributed by atoms with Gasteiger partial charge < -0.3 is 10.2 Å². The minimum atomic E-state index is -1.03. The van der Waals surface area contributed by atoms with Crippen LogP contribution in [0, 0.1) is 18.3 Å². The average molecular weight is 170 g/mol. The lowest BCUT2D eigenvalue weighted by molar-refractivity contribution is -0.142. The highest BCUT2D eigenvalue weighted by molar-refractivity contribution is 5.72. The second-order valence-electron chi connectivity index (χ2n) is 2.38. The molecule has 0 aliphatic carbocycles. The minimum absolute atomic E-state index is 0.0859. The number of carboxylic acids is 2. The van der Waals surface area contributed by atoms with Gasteiger partial charge in [-0.3, -0.25) is 9.59 Å². The molecule has 1 atom stereocenters. The van der Waals surface area contributed by atoms with Crippen LogP contribution in [0.4, 0.5) is 0 Å². The third-order valence-electron chi connectivity index (χ3n) is 1.42. The lowest BCUT2D eigenvalue weighted by atomic mass is 10.0. The molecular formula is C8H10O4. The number of hydrogen-bond acceptors (Lipinski definition) is 2. The van der Waals surface area contributed by atoms with Gasteiger partial charge in [0.1, 0.15) is 0 Å². The number of aliphatic carboxylic acids is 2. The van der Waals surface area contributed by atoms with Crippen molar-refractivity contribution in [2.24, 2.45) is 5.92 Å². The Hall–Kier alpha value is -1.50. The van der Waals surface area contributed by atoms with Crippen molar-refractivity contribution in [2.45, 2.75) is 19.3 Å². The molecule has 4 heteroatoms. The molecule has 0 radical (unpaired) electrons. The van der Waals surface area contributed by atoms with E-state index in [2.05, 4.69) is 5.92 Å². The zero-order chi connectivity index (χ0) is 9.56. The monoisotopic (exact) mass is 170 g/mol. The predicted octanol–water partition coefficient (Wildman–Crippen LogP) is 0.575. The van der Waals surface area contributed by atoms with E-state index in [9.17, 15) is 9.59 Å². The van der Waals surface area contributed by atoms with Gasteiger partial charge in [0.05, 0.1) is 5.92 Å². The number of carboxylic acid groups (broad SMARTS) is 2. The molecule has 0 amide bonds. The molecule has 0 spiro atoms. The number of terminal acetylenes is 1. The van der Waals surface area contributed by atoms with Crippen LogP contribution < -0.4 is 0 Å². The molecule has 0 aliphatic rings. The third-order valence-corrected chi connectivity index (χ3v) is 1.42. The van der Waals surface area contributed by atoms with Crippen LogP contribution in [0.5, 0.6) is 0 Å². The number of carbonyl (C=O) groups is 2. The van der Waals surface area contributed by atoms with Gasteiger partial charge >= 0.3 is 11.9 Å². The Morgan fingerprint density at radius 3 is 2.33 bits per heavy atom. The van der Waals surface area contributed by atoms with Crippen molar-refractivity contribution in [3.63, 3.8) is 0 Å². The van der Waals surface area contributed by atoms with Crippen LogP contribution in [0.2, 0.25) is 0 Å².